The summed E-state index contributed by atoms with van der Waals surface area (Å²) in [6.07, 6.45) is 1.86. The largest absolute Gasteiger partial charge is 0.312 e. The molecule has 0 aromatic carbocycles. The van der Waals surface area contributed by atoms with E-state index in [1.807, 2.05) is 6.07 Å². The van der Waals surface area contributed by atoms with Gasteiger partial charge in [-0.15, -0.1) is 11.3 Å². The number of carbonyl (C=O) groups is 1. The minimum atomic E-state index is -0.480. The van der Waals surface area contributed by atoms with Gasteiger partial charge in [-0.25, -0.2) is 9.66 Å². The molecule has 154 valence electrons. The Bertz CT molecular complexity index is 1160. The van der Waals surface area contributed by atoms with Crippen molar-refractivity contribution in [3.05, 3.63) is 48.6 Å². The predicted molar refractivity (Wildman–Crippen MR) is 110 cm³/mol. The number of fused-ring (bicyclic) bond motifs is 1. The van der Waals surface area contributed by atoms with Crippen molar-refractivity contribution in [3.63, 3.8) is 0 Å². The fourth-order valence-corrected chi connectivity index (χ4v) is 4.36. The molecule has 10 nitrogen and oxygen atoms in total. The molecule has 0 unspecified atom stereocenters. The molecule has 0 aliphatic heterocycles. The van der Waals surface area contributed by atoms with Gasteiger partial charge in [-0.1, -0.05) is 13.3 Å². The first-order valence-electron chi connectivity index (χ1n) is 9.23. The molecule has 1 amide bonds. The Labute approximate surface area is 170 Å². The van der Waals surface area contributed by atoms with Crippen LogP contribution in [0.3, 0.4) is 0 Å². The number of hydrogen-bond acceptors (Lipinski definition) is 7. The van der Waals surface area contributed by atoms with E-state index >= 15 is 0 Å². The average Bonchev–Trinajstić information content (AvgIpc) is 3.17. The summed E-state index contributed by atoms with van der Waals surface area (Å²) in [4.78, 5) is 42.0. The number of aromatic nitrogens is 4. The fraction of sp³-hybridized carbons (Fsp3) is 0.444. The Morgan fingerprint density at radius 2 is 2.07 bits per heavy atom. The van der Waals surface area contributed by atoms with Crippen LogP contribution in [-0.2, 0) is 17.8 Å². The molecule has 11 heteroatoms. The highest BCUT2D eigenvalue weighted by molar-refractivity contribution is 7.18. The van der Waals surface area contributed by atoms with Crippen molar-refractivity contribution in [2.75, 3.05) is 5.43 Å². The zero-order valence-electron chi connectivity index (χ0n) is 16.7. The maximum Gasteiger partial charge on any atom is 0.312 e. The Kier molecular flexibility index (Phi) is 5.78. The summed E-state index contributed by atoms with van der Waals surface area (Å²) >= 11 is 1.49. The molecule has 0 spiro atoms. The molecule has 0 saturated heterocycles. The molecule has 29 heavy (non-hydrogen) atoms. The minimum absolute atomic E-state index is 0.00769. The number of nitrogens with zero attached hydrogens (tertiary/aromatic N) is 5. The quantitative estimate of drug-likeness (QED) is 0.464. The lowest BCUT2D eigenvalue weighted by Crippen LogP contribution is -2.35. The second-order valence-corrected chi connectivity index (χ2v) is 7.88. The maximum atomic E-state index is 12.8. The Balaban J connectivity index is 1.77. The van der Waals surface area contributed by atoms with E-state index in [0.29, 0.717) is 27.4 Å². The van der Waals surface area contributed by atoms with E-state index in [-0.39, 0.29) is 24.2 Å². The molecule has 0 fully saturated rings. The molecule has 0 radical (unpaired) electrons. The number of carbonyl (C=O) groups excluding carboxylic acids is 1. The highest BCUT2D eigenvalue weighted by Crippen LogP contribution is 2.23. The van der Waals surface area contributed by atoms with Crippen LogP contribution < -0.4 is 11.0 Å². The van der Waals surface area contributed by atoms with Gasteiger partial charge >= 0.3 is 5.69 Å². The zero-order valence-corrected chi connectivity index (χ0v) is 17.5. The first kappa shape index (κ1) is 20.6. The fourth-order valence-electron chi connectivity index (χ4n) is 3.19. The molecule has 1 N–H and O–H groups in total. The number of nitro groups is 1. The van der Waals surface area contributed by atoms with Gasteiger partial charge < -0.3 is 0 Å². The number of amides is 1. The second kappa shape index (κ2) is 8.11. The number of thiophene rings is 1. The van der Waals surface area contributed by atoms with Crippen LogP contribution in [0.25, 0.3) is 10.2 Å². The standard InChI is InChI=1S/C18H22N6O4S/c1-5-6-13-9-14-17(29-13)19-12(4)23(18(14)26)21-15(25)7-8-22-11(3)16(24(27)28)10(2)20-22/h9H,5-8H2,1-4H3,(H,21,25). The molecule has 0 atom stereocenters. The van der Waals surface area contributed by atoms with Gasteiger partial charge in [0, 0.05) is 11.3 Å². The van der Waals surface area contributed by atoms with E-state index in [9.17, 15) is 19.7 Å². The molecule has 0 bridgehead atoms. The van der Waals surface area contributed by atoms with Crippen molar-refractivity contribution in [3.8, 4) is 0 Å². The third-order valence-corrected chi connectivity index (χ3v) is 5.68. The van der Waals surface area contributed by atoms with Crippen molar-refractivity contribution in [1.82, 2.24) is 19.4 Å². The lowest BCUT2D eigenvalue weighted by atomic mass is 10.2. The first-order chi connectivity index (χ1) is 13.7. The molecule has 0 aliphatic rings. The van der Waals surface area contributed by atoms with Crippen molar-refractivity contribution in [1.29, 1.82) is 0 Å². The molecule has 3 aromatic heterocycles. The topological polar surface area (TPSA) is 125 Å². The van der Waals surface area contributed by atoms with Crippen molar-refractivity contribution in [2.24, 2.45) is 0 Å². The molecule has 3 aromatic rings. The molecule has 3 heterocycles. The molecule has 3 rings (SSSR count). The SMILES string of the molecule is CCCc1cc2c(=O)n(NC(=O)CCn3nc(C)c([N+](=O)[O-])c3C)c(C)nc2s1. The van der Waals surface area contributed by atoms with Gasteiger partial charge in [0.2, 0.25) is 5.91 Å². The number of aryl methyl sites for hydroxylation is 4. The van der Waals surface area contributed by atoms with Crippen LogP contribution in [0.1, 0.15) is 41.9 Å². The van der Waals surface area contributed by atoms with Crippen LogP contribution in [0.4, 0.5) is 5.69 Å². The Hall–Kier alpha value is -3.08. The Morgan fingerprint density at radius 3 is 2.69 bits per heavy atom. The van der Waals surface area contributed by atoms with Crippen LogP contribution in [0, 0.1) is 30.9 Å². The molecular formula is C18H22N6O4S. The lowest BCUT2D eigenvalue weighted by molar-refractivity contribution is -0.386. The summed E-state index contributed by atoms with van der Waals surface area (Å²) in [5.41, 5.74) is 2.90. The van der Waals surface area contributed by atoms with E-state index in [1.165, 1.54) is 16.0 Å². The van der Waals surface area contributed by atoms with E-state index in [2.05, 4.69) is 22.4 Å². The van der Waals surface area contributed by atoms with Crippen molar-refractivity contribution >= 4 is 33.1 Å². The van der Waals surface area contributed by atoms with Crippen LogP contribution in [0.2, 0.25) is 0 Å². The van der Waals surface area contributed by atoms with Crippen LogP contribution in [0.5, 0.6) is 0 Å². The van der Waals surface area contributed by atoms with E-state index in [0.717, 1.165) is 22.4 Å². The third-order valence-electron chi connectivity index (χ3n) is 4.59. The lowest BCUT2D eigenvalue weighted by Gasteiger charge is -2.11. The normalized spacial score (nSPS) is 11.2. The Morgan fingerprint density at radius 1 is 1.34 bits per heavy atom. The van der Waals surface area contributed by atoms with E-state index in [1.54, 1.807) is 20.8 Å². The minimum Gasteiger partial charge on any atom is -0.273 e. The summed E-state index contributed by atoms with van der Waals surface area (Å²) in [6.45, 7) is 7.03. The van der Waals surface area contributed by atoms with Crippen LogP contribution in [0.15, 0.2) is 10.9 Å². The highest BCUT2D eigenvalue weighted by Gasteiger charge is 2.22. The number of hydrogen-bond donors (Lipinski definition) is 1. The monoisotopic (exact) mass is 418 g/mol. The second-order valence-electron chi connectivity index (χ2n) is 6.77. The van der Waals surface area contributed by atoms with Crippen LogP contribution in [-0.4, -0.2) is 30.3 Å². The number of nitrogens with one attached hydrogen (secondary N) is 1. The smallest absolute Gasteiger partial charge is 0.273 e. The number of rotatable bonds is 7. The predicted octanol–water partition coefficient (Wildman–Crippen LogP) is 2.60. The van der Waals surface area contributed by atoms with Crippen molar-refractivity contribution < 1.29 is 9.72 Å². The van der Waals surface area contributed by atoms with Gasteiger partial charge in [-0.3, -0.25) is 29.8 Å². The third kappa shape index (κ3) is 4.04. The van der Waals surface area contributed by atoms with Gasteiger partial charge in [-0.05, 0) is 33.3 Å². The highest BCUT2D eigenvalue weighted by atomic mass is 32.1. The summed E-state index contributed by atoms with van der Waals surface area (Å²) < 4.78 is 2.58. The van der Waals surface area contributed by atoms with Gasteiger partial charge in [0.05, 0.1) is 16.9 Å². The molecular weight excluding hydrogens is 396 g/mol. The van der Waals surface area contributed by atoms with Gasteiger partial charge in [0.15, 0.2) is 0 Å². The summed E-state index contributed by atoms with van der Waals surface area (Å²) in [5, 5.41) is 15.7. The van der Waals surface area contributed by atoms with E-state index < -0.39 is 10.8 Å². The first-order valence-corrected chi connectivity index (χ1v) is 10.0. The molecule has 0 aliphatic carbocycles. The van der Waals surface area contributed by atoms with Crippen LogP contribution >= 0.6 is 11.3 Å². The summed E-state index contributed by atoms with van der Waals surface area (Å²) in [5.74, 6) is -0.0157. The van der Waals surface area contributed by atoms with Gasteiger partial charge in [0.25, 0.3) is 5.56 Å². The summed E-state index contributed by atoms with van der Waals surface area (Å²) in [6, 6.07) is 1.83. The zero-order chi connectivity index (χ0) is 21.3. The maximum absolute atomic E-state index is 12.8. The van der Waals surface area contributed by atoms with E-state index in [4.69, 9.17) is 0 Å². The average molecular weight is 418 g/mol. The van der Waals surface area contributed by atoms with Crippen molar-refractivity contribution in [2.45, 2.75) is 53.5 Å². The summed E-state index contributed by atoms with van der Waals surface area (Å²) in [7, 11) is 0. The van der Waals surface area contributed by atoms with Gasteiger partial charge in [-0.2, -0.15) is 5.10 Å². The molecule has 0 saturated carbocycles. The van der Waals surface area contributed by atoms with Gasteiger partial charge in [0.1, 0.15) is 22.0 Å².